The third kappa shape index (κ3) is 5.51. The fraction of sp³-hybridized carbons (Fsp3) is 0.455. The summed E-state index contributed by atoms with van der Waals surface area (Å²) in [5, 5.41) is 13.1. The van der Waals surface area contributed by atoms with Crippen molar-refractivity contribution < 1.29 is 28.8 Å². The Labute approximate surface area is 149 Å². The second kappa shape index (κ2) is 8.55. The van der Waals surface area contributed by atoms with E-state index in [9.17, 15) is 19.7 Å². The first-order valence-electron chi connectivity index (χ1n) is 6.60. The molecular weight excluding hydrogens is 382 g/mol. The van der Waals surface area contributed by atoms with Gasteiger partial charge in [0.25, 0.3) is 5.96 Å². The molecule has 1 aromatic heterocycles. The van der Waals surface area contributed by atoms with E-state index in [1.165, 1.54) is 22.4 Å². The predicted molar refractivity (Wildman–Crippen MR) is 82.9 cm³/mol. The summed E-state index contributed by atoms with van der Waals surface area (Å²) in [6.07, 6.45) is 0.475. The molecular formula is C11H12ClN5O7S. The van der Waals surface area contributed by atoms with E-state index in [-0.39, 0.29) is 26.0 Å². The highest BCUT2D eigenvalue weighted by Gasteiger charge is 2.33. The second-order valence-electron chi connectivity index (χ2n) is 4.47. The van der Waals surface area contributed by atoms with E-state index in [1.54, 1.807) is 0 Å². The van der Waals surface area contributed by atoms with E-state index < -0.39 is 23.9 Å². The molecule has 136 valence electrons. The van der Waals surface area contributed by atoms with E-state index >= 15 is 0 Å². The van der Waals surface area contributed by atoms with Crippen molar-refractivity contribution in [2.45, 2.75) is 13.5 Å². The minimum absolute atomic E-state index is 0.0457. The molecule has 25 heavy (non-hydrogen) atoms. The number of thiazole rings is 1. The molecule has 1 aliphatic rings. The molecule has 1 aromatic rings. The number of hydrogen-bond acceptors (Lipinski definition) is 9. The van der Waals surface area contributed by atoms with Gasteiger partial charge in [-0.25, -0.2) is 24.8 Å². The fourth-order valence-electron chi connectivity index (χ4n) is 1.76. The normalized spacial score (nSPS) is 16.0. The fourth-order valence-corrected chi connectivity index (χ4v) is 2.75. The quantitative estimate of drug-likeness (QED) is 0.311. The number of esters is 1. The van der Waals surface area contributed by atoms with Crippen molar-refractivity contribution in [2.75, 3.05) is 20.3 Å². The highest BCUT2D eigenvalue weighted by Crippen LogP contribution is 2.21. The van der Waals surface area contributed by atoms with Crippen molar-refractivity contribution in [1.29, 1.82) is 0 Å². The molecule has 2 heterocycles. The van der Waals surface area contributed by atoms with Gasteiger partial charge in [-0.2, -0.15) is 0 Å². The van der Waals surface area contributed by atoms with Gasteiger partial charge in [0.2, 0.25) is 6.79 Å². The SMILES string of the molecule is CC(=O)OCOC(=O)N1COCN(Cc2cnc(Cl)s2)/C1=N\[N+](=O)[O-]. The van der Waals surface area contributed by atoms with Crippen LogP contribution in [0.4, 0.5) is 4.79 Å². The van der Waals surface area contributed by atoms with Crippen molar-refractivity contribution >= 4 is 41.0 Å². The van der Waals surface area contributed by atoms with E-state index in [0.29, 0.717) is 9.34 Å². The largest absolute Gasteiger partial charge is 0.428 e. The molecule has 0 spiro atoms. The molecule has 2 rings (SSSR count). The smallest absolute Gasteiger partial charge is 0.421 e. The monoisotopic (exact) mass is 393 g/mol. The standard InChI is InChI=1S/C11H12ClN5O7S/c1-7(18)23-6-24-11(19)16-5-22-4-15(10(16)14-17(20)21)3-8-2-13-9(12)25-8/h2H,3-6H2,1H3/b14-10+. The number of ether oxygens (including phenoxy) is 3. The van der Waals surface area contributed by atoms with Crippen molar-refractivity contribution in [3.8, 4) is 0 Å². The van der Waals surface area contributed by atoms with Gasteiger partial charge >= 0.3 is 12.1 Å². The molecule has 0 N–H and O–H groups in total. The van der Waals surface area contributed by atoms with Crippen LogP contribution < -0.4 is 0 Å². The number of guanidine groups is 1. The first-order valence-corrected chi connectivity index (χ1v) is 7.80. The topological polar surface area (TPSA) is 137 Å². The zero-order chi connectivity index (χ0) is 18.4. The number of nitrogens with zero attached hydrogens (tertiary/aromatic N) is 5. The number of amides is 1. The summed E-state index contributed by atoms with van der Waals surface area (Å²) in [5.74, 6) is -0.931. The first-order chi connectivity index (χ1) is 11.9. The van der Waals surface area contributed by atoms with Crippen LogP contribution in [0.2, 0.25) is 4.47 Å². The molecule has 0 aliphatic carbocycles. The van der Waals surface area contributed by atoms with Crippen LogP contribution >= 0.6 is 22.9 Å². The van der Waals surface area contributed by atoms with E-state index in [4.69, 9.17) is 21.1 Å². The minimum Gasteiger partial charge on any atom is -0.428 e. The third-order valence-corrected chi connectivity index (χ3v) is 3.80. The van der Waals surface area contributed by atoms with Gasteiger partial charge in [0.1, 0.15) is 18.6 Å². The van der Waals surface area contributed by atoms with Gasteiger partial charge in [-0.1, -0.05) is 11.6 Å². The van der Waals surface area contributed by atoms with Crippen LogP contribution in [-0.2, 0) is 25.5 Å². The number of rotatable bonds is 5. The molecule has 0 unspecified atom stereocenters. The number of carbonyl (C=O) groups is 2. The molecule has 0 atom stereocenters. The van der Waals surface area contributed by atoms with Gasteiger partial charge in [0.05, 0.1) is 6.54 Å². The minimum atomic E-state index is -1.02. The maximum atomic E-state index is 12.0. The van der Waals surface area contributed by atoms with Gasteiger partial charge in [-0.05, 0) is 0 Å². The van der Waals surface area contributed by atoms with Crippen LogP contribution in [0.5, 0.6) is 0 Å². The Bertz CT molecular complexity index is 696. The number of halogens is 1. The highest BCUT2D eigenvalue weighted by atomic mass is 35.5. The third-order valence-electron chi connectivity index (χ3n) is 2.70. The average molecular weight is 394 g/mol. The molecule has 1 saturated heterocycles. The van der Waals surface area contributed by atoms with E-state index in [1.807, 2.05) is 0 Å². The first kappa shape index (κ1) is 18.8. The summed E-state index contributed by atoms with van der Waals surface area (Å²) in [6, 6.07) is 0. The van der Waals surface area contributed by atoms with Crippen molar-refractivity contribution in [3.63, 3.8) is 0 Å². The summed E-state index contributed by atoms with van der Waals surface area (Å²) in [4.78, 5) is 40.2. The Morgan fingerprint density at radius 3 is 2.88 bits per heavy atom. The van der Waals surface area contributed by atoms with Crippen LogP contribution in [0, 0.1) is 10.1 Å². The molecule has 1 amide bonds. The lowest BCUT2D eigenvalue weighted by Crippen LogP contribution is -2.53. The molecule has 0 bridgehead atoms. The lowest BCUT2D eigenvalue weighted by atomic mass is 10.4. The summed E-state index contributed by atoms with van der Waals surface area (Å²) < 4.78 is 14.7. The zero-order valence-corrected chi connectivity index (χ0v) is 14.4. The van der Waals surface area contributed by atoms with Crippen molar-refractivity contribution in [1.82, 2.24) is 14.8 Å². The van der Waals surface area contributed by atoms with Crippen LogP contribution in [-0.4, -0.2) is 58.1 Å². The molecule has 12 nitrogen and oxygen atoms in total. The Hall–Kier alpha value is -2.51. The summed E-state index contributed by atoms with van der Waals surface area (Å²) in [6.45, 7) is 0.270. The Balaban J connectivity index is 2.13. The highest BCUT2D eigenvalue weighted by molar-refractivity contribution is 7.15. The molecule has 1 aliphatic heterocycles. The van der Waals surface area contributed by atoms with Gasteiger partial charge in [-0.3, -0.25) is 4.79 Å². The second-order valence-corrected chi connectivity index (χ2v) is 6.17. The van der Waals surface area contributed by atoms with Crippen molar-refractivity contribution in [2.24, 2.45) is 5.10 Å². The molecule has 0 saturated carbocycles. The van der Waals surface area contributed by atoms with Crippen LogP contribution in [0.15, 0.2) is 11.3 Å². The number of aromatic nitrogens is 1. The summed E-state index contributed by atoms with van der Waals surface area (Å²) >= 11 is 6.92. The van der Waals surface area contributed by atoms with Gasteiger partial charge in [0, 0.05) is 18.0 Å². The van der Waals surface area contributed by atoms with Crippen LogP contribution in [0.1, 0.15) is 11.8 Å². The molecule has 0 aromatic carbocycles. The molecule has 1 fully saturated rings. The number of hydrazone groups is 1. The zero-order valence-electron chi connectivity index (χ0n) is 12.8. The predicted octanol–water partition coefficient (Wildman–Crippen LogP) is 1.05. The maximum absolute atomic E-state index is 12.0. The van der Waals surface area contributed by atoms with E-state index in [2.05, 4.69) is 14.8 Å². The van der Waals surface area contributed by atoms with E-state index in [0.717, 1.165) is 11.8 Å². The average Bonchev–Trinajstić information content (AvgIpc) is 2.93. The lowest BCUT2D eigenvalue weighted by Gasteiger charge is -2.34. The van der Waals surface area contributed by atoms with Gasteiger partial charge < -0.3 is 19.1 Å². The molecule has 14 heteroatoms. The summed E-state index contributed by atoms with van der Waals surface area (Å²) in [5.41, 5.74) is 0. The Kier molecular flexibility index (Phi) is 6.44. The maximum Gasteiger partial charge on any atom is 0.421 e. The van der Waals surface area contributed by atoms with Gasteiger partial charge in [0.15, 0.2) is 9.50 Å². The lowest BCUT2D eigenvalue weighted by molar-refractivity contribution is -0.486. The Morgan fingerprint density at radius 1 is 1.52 bits per heavy atom. The van der Waals surface area contributed by atoms with Crippen LogP contribution in [0.25, 0.3) is 0 Å². The number of hydrogen-bond donors (Lipinski definition) is 0. The number of nitro groups is 1. The summed E-state index contributed by atoms with van der Waals surface area (Å²) in [7, 11) is 0. The van der Waals surface area contributed by atoms with Crippen LogP contribution in [0.3, 0.4) is 0 Å². The number of carbonyl (C=O) groups excluding carboxylic acids is 2. The molecule has 0 radical (unpaired) electrons. The Morgan fingerprint density at radius 2 is 2.28 bits per heavy atom. The van der Waals surface area contributed by atoms with Gasteiger partial charge in [-0.15, -0.1) is 11.3 Å². The van der Waals surface area contributed by atoms with Crippen molar-refractivity contribution in [3.05, 3.63) is 25.7 Å².